The van der Waals surface area contributed by atoms with Crippen molar-refractivity contribution in [2.24, 2.45) is 0 Å². The first-order chi connectivity index (χ1) is 14.2. The number of hydrogen-bond acceptors (Lipinski definition) is 2. The van der Waals surface area contributed by atoms with Crippen molar-refractivity contribution in [3.8, 4) is 0 Å². The molecule has 0 heterocycles. The summed E-state index contributed by atoms with van der Waals surface area (Å²) in [5.41, 5.74) is 19.9. The minimum atomic E-state index is 0.310. The van der Waals surface area contributed by atoms with Crippen LogP contribution < -0.4 is 11.5 Å². The van der Waals surface area contributed by atoms with Crippen LogP contribution in [0, 0.1) is 0 Å². The Kier molecular flexibility index (Phi) is 8.58. The van der Waals surface area contributed by atoms with Crippen LogP contribution in [0.25, 0.3) is 0 Å². The summed E-state index contributed by atoms with van der Waals surface area (Å²) < 4.78 is 0. The van der Waals surface area contributed by atoms with Crippen molar-refractivity contribution in [2.75, 3.05) is 11.5 Å². The molecule has 30 heavy (non-hydrogen) atoms. The number of allylic oxidation sites excluding steroid dienone is 2. The van der Waals surface area contributed by atoms with Gasteiger partial charge in [-0.3, -0.25) is 0 Å². The second kappa shape index (κ2) is 10.7. The lowest BCUT2D eigenvalue weighted by Crippen LogP contribution is -2.12. The van der Waals surface area contributed by atoms with Gasteiger partial charge in [0.05, 0.1) is 0 Å². The van der Waals surface area contributed by atoms with Crippen LogP contribution in [0.2, 0.25) is 0 Å². The first kappa shape index (κ1) is 24.1. The molecule has 164 valence electrons. The number of hydrogen-bond donors (Lipinski definition) is 2. The predicted octanol–water partition coefficient (Wildman–Crippen LogP) is 7.95. The number of fused-ring (bicyclic) bond motifs is 1. The Morgan fingerprint density at radius 1 is 1.00 bits per heavy atom. The zero-order valence-electron chi connectivity index (χ0n) is 20.0. The summed E-state index contributed by atoms with van der Waals surface area (Å²) >= 11 is 0. The minimum Gasteiger partial charge on any atom is -0.398 e. The molecular weight excluding hydrogens is 364 g/mol. The molecule has 2 atom stereocenters. The van der Waals surface area contributed by atoms with E-state index in [0.29, 0.717) is 17.3 Å². The van der Waals surface area contributed by atoms with Crippen LogP contribution in [0.15, 0.2) is 54.1 Å². The highest BCUT2D eigenvalue weighted by atomic mass is 14.6. The Morgan fingerprint density at radius 2 is 1.67 bits per heavy atom. The topological polar surface area (TPSA) is 52.0 Å². The maximum absolute atomic E-state index is 6.11. The number of benzene rings is 2. The van der Waals surface area contributed by atoms with Crippen molar-refractivity contribution in [1.29, 1.82) is 0 Å². The van der Waals surface area contributed by atoms with E-state index in [4.69, 9.17) is 11.5 Å². The fourth-order valence-corrected chi connectivity index (χ4v) is 4.94. The summed E-state index contributed by atoms with van der Waals surface area (Å²) in [7, 11) is 0. The zero-order valence-corrected chi connectivity index (χ0v) is 20.0. The van der Waals surface area contributed by atoms with Gasteiger partial charge in [-0.05, 0) is 73.3 Å². The van der Waals surface area contributed by atoms with E-state index in [1.165, 1.54) is 54.4 Å². The molecule has 3 rings (SSSR count). The Hall–Kier alpha value is -2.22. The van der Waals surface area contributed by atoms with E-state index in [9.17, 15) is 0 Å². The predicted molar refractivity (Wildman–Crippen MR) is 134 cm³/mol. The minimum absolute atomic E-state index is 0.310. The molecule has 1 aliphatic carbocycles. The summed E-state index contributed by atoms with van der Waals surface area (Å²) in [6, 6.07) is 14.6. The highest BCUT2D eigenvalue weighted by Gasteiger charge is 2.37. The SMILES string of the molecule is CCCC(C=C(C)C)c1ccccc1N.CCCC1CC(C)(C)c2cccc(N)c21. The van der Waals surface area contributed by atoms with Gasteiger partial charge in [-0.25, -0.2) is 0 Å². The van der Waals surface area contributed by atoms with Gasteiger partial charge in [0.15, 0.2) is 0 Å². The maximum atomic E-state index is 6.11. The lowest BCUT2D eigenvalue weighted by Gasteiger charge is -2.19. The zero-order chi connectivity index (χ0) is 22.3. The van der Waals surface area contributed by atoms with Gasteiger partial charge in [0.2, 0.25) is 0 Å². The van der Waals surface area contributed by atoms with E-state index in [0.717, 1.165) is 11.4 Å². The molecule has 0 bridgehead atoms. The Balaban J connectivity index is 0.000000214. The fraction of sp³-hybridized carbons (Fsp3) is 0.500. The van der Waals surface area contributed by atoms with Crippen molar-refractivity contribution in [3.05, 3.63) is 70.8 Å². The van der Waals surface area contributed by atoms with E-state index in [1.807, 2.05) is 18.2 Å². The van der Waals surface area contributed by atoms with Crippen LogP contribution in [0.1, 0.15) is 102 Å². The van der Waals surface area contributed by atoms with Gasteiger partial charge < -0.3 is 11.5 Å². The second-order valence-electron chi connectivity index (χ2n) is 9.65. The summed E-state index contributed by atoms with van der Waals surface area (Å²) in [5.74, 6) is 1.15. The second-order valence-corrected chi connectivity index (χ2v) is 9.65. The van der Waals surface area contributed by atoms with E-state index >= 15 is 0 Å². The van der Waals surface area contributed by atoms with Crippen molar-refractivity contribution >= 4 is 11.4 Å². The third kappa shape index (κ3) is 5.90. The number of nitrogen functional groups attached to an aromatic ring is 2. The lowest BCUT2D eigenvalue weighted by atomic mass is 9.85. The molecule has 4 N–H and O–H groups in total. The fourth-order valence-electron chi connectivity index (χ4n) is 4.94. The van der Waals surface area contributed by atoms with Gasteiger partial charge >= 0.3 is 0 Å². The van der Waals surface area contributed by atoms with Crippen molar-refractivity contribution in [1.82, 2.24) is 0 Å². The summed E-state index contributed by atoms with van der Waals surface area (Å²) in [4.78, 5) is 0. The number of para-hydroxylation sites is 1. The van der Waals surface area contributed by atoms with E-state index in [1.54, 1.807) is 0 Å². The molecular formula is C28H42N2. The van der Waals surface area contributed by atoms with Crippen LogP contribution >= 0.6 is 0 Å². The molecule has 0 fully saturated rings. The average molecular weight is 407 g/mol. The van der Waals surface area contributed by atoms with Crippen LogP contribution in [-0.4, -0.2) is 0 Å². The third-order valence-corrected chi connectivity index (χ3v) is 6.20. The van der Waals surface area contributed by atoms with E-state index < -0.39 is 0 Å². The van der Waals surface area contributed by atoms with E-state index in [2.05, 4.69) is 71.9 Å². The largest absolute Gasteiger partial charge is 0.398 e. The van der Waals surface area contributed by atoms with Gasteiger partial charge in [-0.2, -0.15) is 0 Å². The Morgan fingerprint density at radius 3 is 2.27 bits per heavy atom. The molecule has 2 aromatic rings. The highest BCUT2D eigenvalue weighted by molar-refractivity contribution is 5.58. The van der Waals surface area contributed by atoms with Gasteiger partial charge in [0, 0.05) is 17.3 Å². The third-order valence-electron chi connectivity index (χ3n) is 6.20. The molecule has 0 amide bonds. The first-order valence-electron chi connectivity index (χ1n) is 11.6. The van der Waals surface area contributed by atoms with Crippen LogP contribution in [0.3, 0.4) is 0 Å². The average Bonchev–Trinajstić information content (AvgIpc) is 2.94. The van der Waals surface area contributed by atoms with Crippen LogP contribution in [0.5, 0.6) is 0 Å². The molecule has 0 aliphatic heterocycles. The van der Waals surface area contributed by atoms with E-state index in [-0.39, 0.29) is 0 Å². The van der Waals surface area contributed by atoms with Gasteiger partial charge in [0.1, 0.15) is 0 Å². The molecule has 2 unspecified atom stereocenters. The van der Waals surface area contributed by atoms with Crippen LogP contribution in [0.4, 0.5) is 11.4 Å². The number of rotatable bonds is 6. The molecule has 2 heteroatoms. The Bertz CT molecular complexity index is 843. The summed E-state index contributed by atoms with van der Waals surface area (Å²) in [5, 5.41) is 0. The lowest BCUT2D eigenvalue weighted by molar-refractivity contribution is 0.458. The maximum Gasteiger partial charge on any atom is 0.0352 e. The number of anilines is 2. The van der Waals surface area contributed by atoms with Crippen LogP contribution in [-0.2, 0) is 5.41 Å². The normalized spacial score (nSPS) is 17.5. The molecule has 0 radical (unpaired) electrons. The first-order valence-corrected chi connectivity index (χ1v) is 11.6. The molecule has 1 aliphatic rings. The molecule has 0 aromatic heterocycles. The van der Waals surface area contributed by atoms with Gasteiger partial charge in [0.25, 0.3) is 0 Å². The molecule has 2 nitrogen and oxygen atoms in total. The van der Waals surface area contributed by atoms with Crippen molar-refractivity contribution in [3.63, 3.8) is 0 Å². The van der Waals surface area contributed by atoms with Gasteiger partial charge in [-0.15, -0.1) is 0 Å². The summed E-state index contributed by atoms with van der Waals surface area (Å²) in [6.45, 7) is 13.4. The molecule has 0 spiro atoms. The highest BCUT2D eigenvalue weighted by Crippen LogP contribution is 2.49. The Labute approximate surface area is 184 Å². The quantitative estimate of drug-likeness (QED) is 0.377. The standard InChI is InChI=1S/2C14H21N/c1-4-6-10-9-14(2,3)11-7-5-8-12(15)13(10)11;1-4-7-12(10-11(2)3)13-8-5-6-9-14(13)15/h5,7-8,10H,4,6,9,15H2,1-3H3;5-6,8-10,12H,4,7,15H2,1-3H3. The number of nitrogens with two attached hydrogens (primary N) is 2. The monoisotopic (exact) mass is 406 g/mol. The van der Waals surface area contributed by atoms with Crippen molar-refractivity contribution in [2.45, 2.75) is 90.9 Å². The molecule has 0 saturated carbocycles. The van der Waals surface area contributed by atoms with Crippen molar-refractivity contribution < 1.29 is 0 Å². The smallest absolute Gasteiger partial charge is 0.0352 e. The summed E-state index contributed by atoms with van der Waals surface area (Å²) in [6.07, 6.45) is 8.43. The molecule has 2 aromatic carbocycles. The molecule has 0 saturated heterocycles. The van der Waals surface area contributed by atoms with Gasteiger partial charge in [-0.1, -0.05) is 82.5 Å².